The van der Waals surface area contributed by atoms with Crippen LogP contribution < -0.4 is 14.5 Å². The molecule has 2 atom stereocenters. The van der Waals surface area contributed by atoms with E-state index in [0.29, 0.717) is 0 Å². The van der Waals surface area contributed by atoms with Gasteiger partial charge in [0.25, 0.3) is 0 Å². The van der Waals surface area contributed by atoms with Crippen LogP contribution in [0.5, 0.6) is 11.5 Å². The van der Waals surface area contributed by atoms with E-state index in [-0.39, 0.29) is 23.5 Å². The summed E-state index contributed by atoms with van der Waals surface area (Å²) < 4.78 is 59.2. The molecule has 0 aromatic heterocycles. The molecule has 36 heavy (non-hydrogen) atoms. The summed E-state index contributed by atoms with van der Waals surface area (Å²) in [5, 5.41) is 7.05. The van der Waals surface area contributed by atoms with Gasteiger partial charge in [0.1, 0.15) is 11.5 Å². The molecule has 1 fully saturated rings. The van der Waals surface area contributed by atoms with E-state index in [1.807, 2.05) is 53.5 Å². The highest BCUT2D eigenvalue weighted by Gasteiger charge is 2.41. The highest BCUT2D eigenvalue weighted by molar-refractivity contribution is 6.08. The molecule has 2 unspecified atom stereocenters. The fourth-order valence-electron chi connectivity index (χ4n) is 4.92. The average Bonchev–Trinajstić information content (AvgIpc) is 3.26. The number of hydrogen-bond donors (Lipinski definition) is 0. The van der Waals surface area contributed by atoms with Crippen molar-refractivity contribution in [2.75, 3.05) is 5.01 Å². The predicted octanol–water partition coefficient (Wildman–Crippen LogP) is 7.69. The van der Waals surface area contributed by atoms with Gasteiger partial charge in [-0.15, -0.1) is 0 Å². The molecule has 1 aliphatic carbocycles. The molecule has 1 aliphatic heterocycles. The molecule has 3 aromatic carbocycles. The second-order valence-corrected chi connectivity index (χ2v) is 8.67. The molecule has 0 spiro atoms. The number of halogens is 4. The lowest BCUT2D eigenvalue weighted by atomic mass is 9.77. The maximum Gasteiger partial charge on any atom is 0.387 e. The van der Waals surface area contributed by atoms with Crippen molar-refractivity contribution >= 4 is 17.5 Å². The molecule has 1 heterocycles. The van der Waals surface area contributed by atoms with Gasteiger partial charge in [0.05, 0.1) is 17.4 Å². The van der Waals surface area contributed by atoms with Gasteiger partial charge in [0.2, 0.25) is 0 Å². The fourth-order valence-corrected chi connectivity index (χ4v) is 4.92. The summed E-state index contributed by atoms with van der Waals surface area (Å²) in [7, 11) is 0. The van der Waals surface area contributed by atoms with Crippen LogP contribution in [-0.4, -0.2) is 18.9 Å². The summed E-state index contributed by atoms with van der Waals surface area (Å²) in [6.45, 7) is -5.74. The zero-order chi connectivity index (χ0) is 25.1. The number of fused-ring (bicyclic) bond motifs is 1. The second-order valence-electron chi connectivity index (χ2n) is 8.67. The van der Waals surface area contributed by atoms with Gasteiger partial charge in [0, 0.05) is 5.92 Å². The van der Waals surface area contributed by atoms with Crippen LogP contribution in [0.2, 0.25) is 0 Å². The molecule has 0 saturated heterocycles. The summed E-state index contributed by atoms with van der Waals surface area (Å²) >= 11 is 0. The second kappa shape index (κ2) is 10.4. The first-order chi connectivity index (χ1) is 17.5. The number of para-hydroxylation sites is 1. The lowest BCUT2D eigenvalue weighted by Gasteiger charge is -2.30. The Labute approximate surface area is 206 Å². The van der Waals surface area contributed by atoms with E-state index in [1.165, 1.54) is 12.1 Å². The van der Waals surface area contributed by atoms with E-state index in [9.17, 15) is 17.6 Å². The van der Waals surface area contributed by atoms with E-state index in [2.05, 4.69) is 9.47 Å². The van der Waals surface area contributed by atoms with Crippen molar-refractivity contribution in [2.24, 2.45) is 11.0 Å². The van der Waals surface area contributed by atoms with Crippen molar-refractivity contribution in [1.29, 1.82) is 0 Å². The number of anilines is 1. The number of alkyl halides is 4. The van der Waals surface area contributed by atoms with Crippen LogP contribution in [0, 0.1) is 5.92 Å². The molecule has 0 N–H and O–H groups in total. The average molecular weight is 497 g/mol. The van der Waals surface area contributed by atoms with Crippen molar-refractivity contribution in [1.82, 2.24) is 0 Å². The minimum atomic E-state index is -2.87. The zero-order valence-corrected chi connectivity index (χ0v) is 19.2. The third-order valence-corrected chi connectivity index (χ3v) is 6.42. The van der Waals surface area contributed by atoms with E-state index in [1.54, 1.807) is 24.3 Å². The summed E-state index contributed by atoms with van der Waals surface area (Å²) in [4.78, 5) is 0. The minimum absolute atomic E-state index is 0.103. The van der Waals surface area contributed by atoms with Gasteiger partial charge in [-0.3, -0.25) is 5.01 Å². The molecule has 0 bridgehead atoms. The maximum atomic E-state index is 12.6. The van der Waals surface area contributed by atoms with Crippen LogP contribution in [0.4, 0.5) is 23.2 Å². The molecule has 2 aliphatic rings. The fraction of sp³-hybridized carbons (Fsp3) is 0.250. The van der Waals surface area contributed by atoms with Crippen LogP contribution in [0.15, 0.2) is 89.5 Å². The van der Waals surface area contributed by atoms with Crippen LogP contribution in [0.1, 0.15) is 36.4 Å². The van der Waals surface area contributed by atoms with E-state index >= 15 is 0 Å². The lowest BCUT2D eigenvalue weighted by Crippen LogP contribution is -2.28. The van der Waals surface area contributed by atoms with Crippen LogP contribution in [0.3, 0.4) is 0 Å². The number of hydrogen-bond acceptors (Lipinski definition) is 4. The summed E-state index contributed by atoms with van der Waals surface area (Å²) in [6, 6.07) is 23.0. The molecule has 1 saturated carbocycles. The van der Waals surface area contributed by atoms with Gasteiger partial charge in [0.15, 0.2) is 0 Å². The SMILES string of the molecule is FC(F)Oc1ccc(/C=C2/CCCC3C2=NN(c2ccccc2)C3c2ccc(OC(F)F)cc2)cc1. The van der Waals surface area contributed by atoms with Gasteiger partial charge < -0.3 is 9.47 Å². The van der Waals surface area contributed by atoms with Crippen LogP contribution >= 0.6 is 0 Å². The van der Waals surface area contributed by atoms with E-state index in [0.717, 1.165) is 47.4 Å². The Balaban J connectivity index is 1.48. The highest BCUT2D eigenvalue weighted by Crippen LogP contribution is 2.46. The molecule has 0 amide bonds. The Hall–Kier alpha value is -3.81. The van der Waals surface area contributed by atoms with Crippen molar-refractivity contribution in [3.63, 3.8) is 0 Å². The molecule has 0 radical (unpaired) electrons. The first-order valence-electron chi connectivity index (χ1n) is 11.7. The number of ether oxygens (including phenoxy) is 2. The number of nitrogens with zero attached hydrogens (tertiary/aromatic N) is 2. The van der Waals surface area contributed by atoms with Gasteiger partial charge in [-0.1, -0.05) is 42.5 Å². The normalized spacial score (nSPS) is 20.6. The third kappa shape index (κ3) is 5.22. The molecule has 5 rings (SSSR count). The van der Waals surface area contributed by atoms with Crippen molar-refractivity contribution in [3.8, 4) is 11.5 Å². The Morgan fingerprint density at radius 3 is 2.03 bits per heavy atom. The van der Waals surface area contributed by atoms with Gasteiger partial charge in [-0.2, -0.15) is 22.7 Å². The maximum absolute atomic E-state index is 12.6. The van der Waals surface area contributed by atoms with Gasteiger partial charge in [-0.25, -0.2) is 0 Å². The topological polar surface area (TPSA) is 34.1 Å². The quantitative estimate of drug-likeness (QED) is 0.315. The highest BCUT2D eigenvalue weighted by atomic mass is 19.3. The largest absolute Gasteiger partial charge is 0.435 e. The Morgan fingerprint density at radius 2 is 1.42 bits per heavy atom. The summed E-state index contributed by atoms with van der Waals surface area (Å²) in [6.07, 6.45) is 4.79. The molecular weight excluding hydrogens is 472 g/mol. The Morgan fingerprint density at radius 1 is 0.806 bits per heavy atom. The first kappa shape index (κ1) is 23.9. The Kier molecular flexibility index (Phi) is 6.93. The van der Waals surface area contributed by atoms with E-state index < -0.39 is 13.2 Å². The van der Waals surface area contributed by atoms with Crippen molar-refractivity contribution in [2.45, 2.75) is 38.5 Å². The first-order valence-corrected chi connectivity index (χ1v) is 11.7. The molecular formula is C28H24F4N2O2. The molecule has 3 aromatic rings. The number of hydrazone groups is 1. The van der Waals surface area contributed by atoms with Gasteiger partial charge >= 0.3 is 13.2 Å². The van der Waals surface area contributed by atoms with Gasteiger partial charge in [-0.05, 0) is 78.4 Å². The van der Waals surface area contributed by atoms with Crippen LogP contribution in [-0.2, 0) is 0 Å². The Bertz CT molecular complexity index is 1230. The van der Waals surface area contributed by atoms with Crippen molar-refractivity contribution in [3.05, 3.63) is 95.6 Å². The smallest absolute Gasteiger partial charge is 0.387 e. The third-order valence-electron chi connectivity index (χ3n) is 6.42. The molecule has 4 nitrogen and oxygen atoms in total. The standard InChI is InChI=1S/C28H24F4N2O2/c29-27(30)35-22-13-9-18(10-14-22)17-20-5-4-8-24-25(20)33-34(21-6-2-1-3-7-21)26(24)19-11-15-23(16-12-19)36-28(31)32/h1-3,6-7,9-17,24,26-28H,4-5,8H2/b20-17-. The summed E-state index contributed by atoms with van der Waals surface area (Å²) in [5.41, 5.74) is 4.84. The lowest BCUT2D eigenvalue weighted by molar-refractivity contribution is -0.0505. The number of allylic oxidation sites excluding steroid dienone is 1. The monoisotopic (exact) mass is 496 g/mol. The van der Waals surface area contributed by atoms with Crippen molar-refractivity contribution < 1.29 is 27.0 Å². The number of benzene rings is 3. The molecule has 186 valence electrons. The minimum Gasteiger partial charge on any atom is -0.435 e. The van der Waals surface area contributed by atoms with E-state index in [4.69, 9.17) is 5.10 Å². The zero-order valence-electron chi connectivity index (χ0n) is 19.2. The predicted molar refractivity (Wildman–Crippen MR) is 131 cm³/mol. The molecule has 8 heteroatoms. The summed E-state index contributed by atoms with van der Waals surface area (Å²) in [5.74, 6) is 0.331. The number of rotatable bonds is 7. The van der Waals surface area contributed by atoms with Crippen LogP contribution in [0.25, 0.3) is 6.08 Å².